The highest BCUT2D eigenvalue weighted by Gasteiger charge is 2.27. The molecule has 3 aromatic rings. The number of aryl methyl sites for hydroxylation is 3. The lowest BCUT2D eigenvalue weighted by Crippen LogP contribution is -2.51. The number of likely N-dealkylation sites (N-methyl/N-ethyl adjacent to an activating group) is 1. The van der Waals surface area contributed by atoms with Crippen molar-refractivity contribution >= 4 is 11.9 Å². The number of hydrogen-bond donors (Lipinski definition) is 1. The fourth-order valence-corrected chi connectivity index (χ4v) is 5.11. The highest BCUT2D eigenvalue weighted by molar-refractivity contribution is 5.76. The zero-order chi connectivity index (χ0) is 23.7. The molecule has 1 atom stereocenters. The van der Waals surface area contributed by atoms with Crippen molar-refractivity contribution < 1.29 is 9.32 Å². The van der Waals surface area contributed by atoms with Crippen molar-refractivity contribution in [2.45, 2.75) is 64.7 Å². The number of fused-ring (bicyclic) bond motifs is 1. The average Bonchev–Trinajstić information content (AvgIpc) is 3.51. The molecule has 34 heavy (non-hydrogen) atoms. The topological polar surface area (TPSA) is 92.3 Å². The van der Waals surface area contributed by atoms with Crippen LogP contribution in [0.4, 0.5) is 5.95 Å². The van der Waals surface area contributed by atoms with Crippen LogP contribution in [0, 0.1) is 13.8 Å². The predicted octanol–water partition coefficient (Wildman–Crippen LogP) is 2.79. The standard InChI is InChI=1S/C25H33N7O2/c1-17-4-5-20(18(2)14-17)19-8-11-31(12-9-19)25-28-23(34-29-25)6-7-24(33)30(3)22-16-32-13-10-26-21(32)15-27-22/h4-5,10,13-14,19,22,27H,6-9,11-12,15-16H2,1-3H3. The smallest absolute Gasteiger partial charge is 0.266 e. The fourth-order valence-electron chi connectivity index (χ4n) is 5.11. The van der Waals surface area contributed by atoms with Gasteiger partial charge in [0, 0.05) is 45.4 Å². The molecule has 2 aromatic heterocycles. The summed E-state index contributed by atoms with van der Waals surface area (Å²) in [4.78, 5) is 25.6. The van der Waals surface area contributed by atoms with Crippen LogP contribution in [0.25, 0.3) is 0 Å². The molecule has 1 fully saturated rings. The lowest BCUT2D eigenvalue weighted by molar-refractivity contribution is -0.133. The van der Waals surface area contributed by atoms with E-state index in [1.165, 1.54) is 16.7 Å². The van der Waals surface area contributed by atoms with Crippen LogP contribution in [-0.2, 0) is 24.3 Å². The van der Waals surface area contributed by atoms with Gasteiger partial charge in [0.25, 0.3) is 5.95 Å². The molecule has 0 bridgehead atoms. The number of anilines is 1. The van der Waals surface area contributed by atoms with Crippen LogP contribution in [0.3, 0.4) is 0 Å². The summed E-state index contributed by atoms with van der Waals surface area (Å²) in [5.74, 6) is 2.77. The van der Waals surface area contributed by atoms with Gasteiger partial charge in [-0.3, -0.25) is 10.1 Å². The van der Waals surface area contributed by atoms with E-state index in [0.717, 1.165) is 31.8 Å². The van der Waals surface area contributed by atoms with Gasteiger partial charge >= 0.3 is 0 Å². The zero-order valence-electron chi connectivity index (χ0n) is 20.2. The summed E-state index contributed by atoms with van der Waals surface area (Å²) < 4.78 is 7.55. The van der Waals surface area contributed by atoms with Gasteiger partial charge in [0.2, 0.25) is 11.8 Å². The molecular formula is C25H33N7O2. The minimum absolute atomic E-state index is 0.0501. The van der Waals surface area contributed by atoms with Gasteiger partial charge in [-0.2, -0.15) is 4.98 Å². The van der Waals surface area contributed by atoms with E-state index in [9.17, 15) is 4.79 Å². The first-order valence-corrected chi connectivity index (χ1v) is 12.1. The quantitative estimate of drug-likeness (QED) is 0.601. The molecule has 4 heterocycles. The normalized spacial score (nSPS) is 18.7. The number of hydrogen-bond acceptors (Lipinski definition) is 7. The maximum Gasteiger partial charge on any atom is 0.266 e. The molecule has 0 aliphatic carbocycles. The molecule has 180 valence electrons. The van der Waals surface area contributed by atoms with Crippen LogP contribution in [0.2, 0.25) is 0 Å². The van der Waals surface area contributed by atoms with Gasteiger partial charge in [0.05, 0.1) is 13.1 Å². The van der Waals surface area contributed by atoms with E-state index in [1.807, 2.05) is 13.2 Å². The van der Waals surface area contributed by atoms with Crippen LogP contribution in [0.1, 0.15) is 53.6 Å². The number of carbonyl (C=O) groups is 1. The Labute approximate surface area is 200 Å². The Morgan fingerprint density at radius 1 is 1.26 bits per heavy atom. The molecule has 0 spiro atoms. The molecule has 0 saturated carbocycles. The van der Waals surface area contributed by atoms with Crippen molar-refractivity contribution in [2.24, 2.45) is 0 Å². The van der Waals surface area contributed by atoms with Gasteiger partial charge in [-0.1, -0.05) is 23.8 Å². The number of piperidine rings is 1. The van der Waals surface area contributed by atoms with Crippen LogP contribution >= 0.6 is 0 Å². The average molecular weight is 464 g/mol. The molecule has 1 unspecified atom stereocenters. The molecule has 2 aliphatic heterocycles. The highest BCUT2D eigenvalue weighted by Crippen LogP contribution is 2.31. The number of nitrogens with one attached hydrogen (secondary N) is 1. The third-order valence-electron chi connectivity index (χ3n) is 7.18. The van der Waals surface area contributed by atoms with Crippen molar-refractivity contribution in [2.75, 3.05) is 25.0 Å². The third kappa shape index (κ3) is 4.70. The van der Waals surface area contributed by atoms with Crippen molar-refractivity contribution in [3.05, 3.63) is 59.0 Å². The molecular weight excluding hydrogens is 430 g/mol. The summed E-state index contributed by atoms with van der Waals surface area (Å²) in [6, 6.07) is 6.76. The largest absolute Gasteiger partial charge is 0.338 e. The van der Waals surface area contributed by atoms with Gasteiger partial charge in [0.1, 0.15) is 12.0 Å². The minimum atomic E-state index is -0.0501. The summed E-state index contributed by atoms with van der Waals surface area (Å²) in [6.45, 7) is 7.51. The number of carbonyl (C=O) groups excluding carboxylic acids is 1. The number of nitrogens with zero attached hydrogens (tertiary/aromatic N) is 6. The third-order valence-corrected chi connectivity index (χ3v) is 7.18. The Morgan fingerprint density at radius 3 is 2.88 bits per heavy atom. The van der Waals surface area contributed by atoms with E-state index in [2.05, 4.69) is 62.0 Å². The number of amides is 1. The Hall–Kier alpha value is -3.20. The maximum atomic E-state index is 12.8. The summed E-state index contributed by atoms with van der Waals surface area (Å²) in [7, 11) is 1.83. The Kier molecular flexibility index (Phi) is 6.36. The van der Waals surface area contributed by atoms with E-state index in [0.29, 0.717) is 43.7 Å². The zero-order valence-corrected chi connectivity index (χ0v) is 20.2. The van der Waals surface area contributed by atoms with Crippen molar-refractivity contribution in [1.29, 1.82) is 0 Å². The Bertz CT molecular complexity index is 1150. The SMILES string of the molecule is Cc1ccc(C2CCN(c3noc(CCC(=O)N(C)C4Cn5ccnc5CN4)n3)CC2)c(C)c1. The molecule has 9 nitrogen and oxygen atoms in total. The van der Waals surface area contributed by atoms with E-state index in [-0.39, 0.29) is 12.1 Å². The molecule has 1 amide bonds. The second-order valence-corrected chi connectivity index (χ2v) is 9.51. The Balaban J connectivity index is 1.11. The summed E-state index contributed by atoms with van der Waals surface area (Å²) in [5, 5.41) is 7.56. The lowest BCUT2D eigenvalue weighted by Gasteiger charge is -2.33. The summed E-state index contributed by atoms with van der Waals surface area (Å²) >= 11 is 0. The van der Waals surface area contributed by atoms with Crippen LogP contribution in [-0.4, -0.2) is 56.8 Å². The number of benzene rings is 1. The molecule has 2 aliphatic rings. The van der Waals surface area contributed by atoms with E-state index in [1.54, 1.807) is 11.1 Å². The molecule has 0 radical (unpaired) electrons. The van der Waals surface area contributed by atoms with E-state index < -0.39 is 0 Å². The summed E-state index contributed by atoms with van der Waals surface area (Å²) in [6.07, 6.45) is 6.62. The molecule has 9 heteroatoms. The van der Waals surface area contributed by atoms with Gasteiger partial charge in [-0.05, 0) is 48.9 Å². The van der Waals surface area contributed by atoms with E-state index >= 15 is 0 Å². The van der Waals surface area contributed by atoms with Gasteiger partial charge in [-0.25, -0.2) is 4.98 Å². The molecule has 1 saturated heterocycles. The second kappa shape index (κ2) is 9.58. The first-order valence-electron chi connectivity index (χ1n) is 12.1. The highest BCUT2D eigenvalue weighted by atomic mass is 16.5. The molecule has 1 aromatic carbocycles. The van der Waals surface area contributed by atoms with Crippen LogP contribution < -0.4 is 10.2 Å². The van der Waals surface area contributed by atoms with Crippen LogP contribution in [0.5, 0.6) is 0 Å². The maximum absolute atomic E-state index is 12.8. The summed E-state index contributed by atoms with van der Waals surface area (Å²) in [5.41, 5.74) is 4.15. The van der Waals surface area contributed by atoms with Crippen LogP contribution in [0.15, 0.2) is 35.1 Å². The minimum Gasteiger partial charge on any atom is -0.338 e. The Morgan fingerprint density at radius 2 is 2.09 bits per heavy atom. The van der Waals surface area contributed by atoms with E-state index in [4.69, 9.17) is 4.52 Å². The number of rotatable bonds is 6. The van der Waals surface area contributed by atoms with Crippen molar-refractivity contribution in [3.8, 4) is 0 Å². The monoisotopic (exact) mass is 463 g/mol. The molecule has 1 N–H and O–H groups in total. The molecule has 5 rings (SSSR count). The van der Waals surface area contributed by atoms with Gasteiger partial charge in [0.15, 0.2) is 0 Å². The lowest BCUT2D eigenvalue weighted by atomic mass is 9.86. The van der Waals surface area contributed by atoms with Gasteiger partial charge in [-0.15, -0.1) is 0 Å². The van der Waals surface area contributed by atoms with Gasteiger partial charge < -0.3 is 18.9 Å². The number of aromatic nitrogens is 4. The number of imidazole rings is 1. The fraction of sp³-hybridized carbons (Fsp3) is 0.520. The van der Waals surface area contributed by atoms with Crippen molar-refractivity contribution in [3.63, 3.8) is 0 Å². The predicted molar refractivity (Wildman–Crippen MR) is 128 cm³/mol. The first-order chi connectivity index (χ1) is 16.5. The van der Waals surface area contributed by atoms with Crippen molar-refractivity contribution in [1.82, 2.24) is 29.9 Å². The second-order valence-electron chi connectivity index (χ2n) is 9.51. The first kappa shape index (κ1) is 22.6.